The molecule has 1 atom stereocenters. The summed E-state index contributed by atoms with van der Waals surface area (Å²) < 4.78 is 44.9. The van der Waals surface area contributed by atoms with Gasteiger partial charge >= 0.3 is 12.1 Å². The van der Waals surface area contributed by atoms with Crippen LogP contribution >= 0.6 is 11.8 Å². The molecule has 1 aromatic heterocycles. The highest BCUT2D eigenvalue weighted by Gasteiger charge is 2.32. The molecule has 1 amide bonds. The smallest absolute Gasteiger partial charge is 0.416 e. The monoisotopic (exact) mass is 641 g/mol. The standard InChI is InChI=1S/C33H38F3N5O3S/c1-4-44-31(43)26-10-7-13-41(20-26)30(42)25-9-5-8-24(18-25)21-45-32-37-23(3)22(2)29(38-32)40-16-14-39(15-17-40)28-12-6-11-27(19-28)33(34,35)36/h5-6,8-9,11-12,18-19,26H,4,7,10,13-17,20-21H2,1-3H3/t26-/m0/s1. The Kier molecular flexibility index (Phi) is 10.2. The van der Waals surface area contributed by atoms with Crippen molar-refractivity contribution in [2.24, 2.45) is 5.92 Å². The summed E-state index contributed by atoms with van der Waals surface area (Å²) in [5, 5.41) is 0.624. The molecule has 240 valence electrons. The number of benzene rings is 2. The highest BCUT2D eigenvalue weighted by Crippen LogP contribution is 2.33. The second kappa shape index (κ2) is 14.1. The van der Waals surface area contributed by atoms with E-state index < -0.39 is 11.7 Å². The van der Waals surface area contributed by atoms with Crippen LogP contribution in [0.2, 0.25) is 0 Å². The Morgan fingerprint density at radius 3 is 2.44 bits per heavy atom. The first kappa shape index (κ1) is 32.6. The number of piperazine rings is 1. The average molecular weight is 642 g/mol. The largest absolute Gasteiger partial charge is 0.466 e. The molecule has 0 radical (unpaired) electrons. The van der Waals surface area contributed by atoms with E-state index in [0.29, 0.717) is 68.0 Å². The minimum atomic E-state index is -4.37. The molecule has 3 heterocycles. The Hall–Kier alpha value is -3.80. The SMILES string of the molecule is CCOC(=O)[C@H]1CCCN(C(=O)c2cccc(CSc3nc(C)c(C)c(N4CCN(c5cccc(C(F)(F)F)c5)CC4)n3)c2)C1. The first-order valence-corrected chi connectivity index (χ1v) is 16.2. The lowest BCUT2D eigenvalue weighted by Crippen LogP contribution is -2.47. The fraction of sp³-hybridized carbons (Fsp3) is 0.455. The van der Waals surface area contributed by atoms with Crippen molar-refractivity contribution >= 4 is 35.1 Å². The molecule has 0 N–H and O–H groups in total. The van der Waals surface area contributed by atoms with Gasteiger partial charge in [-0.05, 0) is 69.5 Å². The van der Waals surface area contributed by atoms with Crippen LogP contribution in [0.15, 0.2) is 53.7 Å². The summed E-state index contributed by atoms with van der Waals surface area (Å²) in [5.41, 5.74) is 3.31. The van der Waals surface area contributed by atoms with Crippen molar-refractivity contribution in [3.8, 4) is 0 Å². The molecule has 8 nitrogen and oxygen atoms in total. The van der Waals surface area contributed by atoms with Crippen LogP contribution in [0.25, 0.3) is 0 Å². The Morgan fingerprint density at radius 2 is 1.71 bits per heavy atom. The topological polar surface area (TPSA) is 78.9 Å². The molecule has 5 rings (SSSR count). The van der Waals surface area contributed by atoms with Crippen LogP contribution in [-0.4, -0.2) is 72.6 Å². The molecule has 0 spiro atoms. The maximum Gasteiger partial charge on any atom is 0.416 e. The predicted octanol–water partition coefficient (Wildman–Crippen LogP) is 6.15. The highest BCUT2D eigenvalue weighted by atomic mass is 32.2. The van der Waals surface area contributed by atoms with Gasteiger partial charge in [-0.2, -0.15) is 13.2 Å². The maximum atomic E-state index is 13.3. The van der Waals surface area contributed by atoms with Gasteiger partial charge in [0.2, 0.25) is 0 Å². The first-order valence-electron chi connectivity index (χ1n) is 15.2. The summed E-state index contributed by atoms with van der Waals surface area (Å²) in [6.45, 7) is 9.41. The van der Waals surface area contributed by atoms with Crippen LogP contribution in [-0.2, 0) is 21.5 Å². The van der Waals surface area contributed by atoms with Crippen LogP contribution in [0.3, 0.4) is 0 Å². The number of nitrogens with zero attached hydrogens (tertiary/aromatic N) is 5. The number of halogens is 3. The molecule has 0 aliphatic carbocycles. The highest BCUT2D eigenvalue weighted by molar-refractivity contribution is 7.98. The van der Waals surface area contributed by atoms with Gasteiger partial charge in [0, 0.05) is 67.5 Å². The summed E-state index contributed by atoms with van der Waals surface area (Å²) in [6.07, 6.45) is -2.89. The number of amides is 1. The molecule has 2 aliphatic rings. The van der Waals surface area contributed by atoms with Crippen molar-refractivity contribution < 1.29 is 27.5 Å². The number of carbonyl (C=O) groups excluding carboxylic acids is 2. The molecule has 2 aliphatic heterocycles. The van der Waals surface area contributed by atoms with Crippen LogP contribution in [0.1, 0.15) is 52.5 Å². The molecule has 0 saturated carbocycles. The summed E-state index contributed by atoms with van der Waals surface area (Å²) in [6, 6.07) is 13.0. The van der Waals surface area contributed by atoms with Gasteiger partial charge in [-0.3, -0.25) is 9.59 Å². The molecule has 12 heteroatoms. The summed E-state index contributed by atoms with van der Waals surface area (Å²) in [4.78, 5) is 41.0. The number of alkyl halides is 3. The van der Waals surface area contributed by atoms with Gasteiger partial charge < -0.3 is 19.4 Å². The van der Waals surface area contributed by atoms with Gasteiger partial charge in [0.05, 0.1) is 18.1 Å². The fourth-order valence-electron chi connectivity index (χ4n) is 5.76. The second-order valence-corrected chi connectivity index (χ2v) is 12.3. The number of carbonyl (C=O) groups is 2. The van der Waals surface area contributed by atoms with E-state index in [1.807, 2.05) is 36.9 Å². The Bertz CT molecular complexity index is 1530. The number of rotatable bonds is 8. The molecule has 2 saturated heterocycles. The van der Waals surface area contributed by atoms with E-state index >= 15 is 0 Å². The maximum absolute atomic E-state index is 13.3. The summed E-state index contributed by atoms with van der Waals surface area (Å²) in [7, 11) is 0. The lowest BCUT2D eigenvalue weighted by Gasteiger charge is -2.37. The molecule has 2 aromatic carbocycles. The second-order valence-electron chi connectivity index (χ2n) is 11.4. The number of anilines is 2. The van der Waals surface area contributed by atoms with E-state index in [0.717, 1.165) is 41.5 Å². The summed E-state index contributed by atoms with van der Waals surface area (Å²) >= 11 is 1.49. The van der Waals surface area contributed by atoms with Crippen LogP contribution < -0.4 is 9.80 Å². The first-order chi connectivity index (χ1) is 21.5. The van der Waals surface area contributed by atoms with Crippen molar-refractivity contribution in [1.82, 2.24) is 14.9 Å². The van der Waals surface area contributed by atoms with E-state index in [1.165, 1.54) is 23.9 Å². The minimum absolute atomic E-state index is 0.0927. The lowest BCUT2D eigenvalue weighted by molar-refractivity contribution is -0.149. The Balaban J connectivity index is 1.22. The third-order valence-electron chi connectivity index (χ3n) is 8.33. The molecule has 3 aromatic rings. The van der Waals surface area contributed by atoms with Gasteiger partial charge in [0.15, 0.2) is 5.16 Å². The van der Waals surface area contributed by atoms with Crippen molar-refractivity contribution in [3.63, 3.8) is 0 Å². The molecular formula is C33H38F3N5O3S. The molecular weight excluding hydrogens is 603 g/mol. The minimum Gasteiger partial charge on any atom is -0.466 e. The molecule has 45 heavy (non-hydrogen) atoms. The average Bonchev–Trinajstić information content (AvgIpc) is 3.05. The number of esters is 1. The molecule has 0 unspecified atom stereocenters. The summed E-state index contributed by atoms with van der Waals surface area (Å²) in [5.74, 6) is 0.771. The van der Waals surface area contributed by atoms with Gasteiger partial charge in [-0.15, -0.1) is 0 Å². The normalized spacial score (nSPS) is 17.4. The number of aryl methyl sites for hydroxylation is 1. The Labute approximate surface area is 266 Å². The number of hydrogen-bond acceptors (Lipinski definition) is 8. The van der Waals surface area contributed by atoms with Gasteiger partial charge in [0.1, 0.15) is 5.82 Å². The number of thioether (sulfide) groups is 1. The van der Waals surface area contributed by atoms with Crippen molar-refractivity contribution in [1.29, 1.82) is 0 Å². The quantitative estimate of drug-likeness (QED) is 0.165. The van der Waals surface area contributed by atoms with E-state index in [1.54, 1.807) is 24.0 Å². The fourth-order valence-corrected chi connectivity index (χ4v) is 6.58. The zero-order chi connectivity index (χ0) is 32.1. The zero-order valence-electron chi connectivity index (χ0n) is 25.8. The van der Waals surface area contributed by atoms with Crippen molar-refractivity contribution in [2.75, 3.05) is 55.7 Å². The van der Waals surface area contributed by atoms with Gasteiger partial charge in [0.25, 0.3) is 5.91 Å². The Morgan fingerprint density at radius 1 is 0.978 bits per heavy atom. The van der Waals surface area contributed by atoms with Crippen molar-refractivity contribution in [2.45, 2.75) is 50.7 Å². The number of hydrogen-bond donors (Lipinski definition) is 0. The van der Waals surface area contributed by atoms with Crippen LogP contribution in [0.5, 0.6) is 0 Å². The van der Waals surface area contributed by atoms with E-state index in [9.17, 15) is 22.8 Å². The predicted molar refractivity (Wildman–Crippen MR) is 169 cm³/mol. The van der Waals surface area contributed by atoms with Gasteiger partial charge in [-0.25, -0.2) is 9.97 Å². The third-order valence-corrected chi connectivity index (χ3v) is 9.25. The number of aromatic nitrogens is 2. The number of piperidine rings is 1. The van der Waals surface area contributed by atoms with E-state index in [-0.39, 0.29) is 17.8 Å². The zero-order valence-corrected chi connectivity index (χ0v) is 26.6. The van der Waals surface area contributed by atoms with Gasteiger partial charge in [-0.1, -0.05) is 30.0 Å². The van der Waals surface area contributed by atoms with E-state index in [2.05, 4.69) is 4.90 Å². The van der Waals surface area contributed by atoms with Crippen LogP contribution in [0.4, 0.5) is 24.7 Å². The lowest BCUT2D eigenvalue weighted by atomic mass is 9.97. The molecule has 0 bridgehead atoms. The van der Waals surface area contributed by atoms with Crippen molar-refractivity contribution in [3.05, 3.63) is 76.5 Å². The third kappa shape index (κ3) is 7.89. The number of likely N-dealkylation sites (tertiary alicyclic amines) is 1. The van der Waals surface area contributed by atoms with Crippen LogP contribution in [0, 0.1) is 19.8 Å². The van der Waals surface area contributed by atoms with E-state index in [4.69, 9.17) is 14.7 Å². The molecule has 2 fully saturated rings. The number of ether oxygens (including phenoxy) is 1.